The molecule has 0 bridgehead atoms. The molecule has 0 saturated carbocycles. The van der Waals surface area contributed by atoms with Crippen molar-refractivity contribution in [2.45, 2.75) is 49.2 Å². The molecule has 0 spiro atoms. The van der Waals surface area contributed by atoms with Crippen LogP contribution in [0.3, 0.4) is 0 Å². The number of anilines is 1. The summed E-state index contributed by atoms with van der Waals surface area (Å²) in [5, 5.41) is 0. The lowest BCUT2D eigenvalue weighted by Gasteiger charge is -2.33. The number of fused-ring (bicyclic) bond motifs is 3. The number of hydrogen-bond donors (Lipinski definition) is 0. The maximum Gasteiger partial charge on any atom is 0.416 e. The van der Waals surface area contributed by atoms with E-state index in [0.717, 1.165) is 11.1 Å². The topological polar surface area (TPSA) is 66.9 Å². The lowest BCUT2D eigenvalue weighted by molar-refractivity contribution is 0.141. The molecule has 2 aromatic rings. The summed E-state index contributed by atoms with van der Waals surface area (Å²) in [7, 11) is -5.09. The van der Waals surface area contributed by atoms with Crippen LogP contribution in [0.4, 0.5) is 10.5 Å². The smallest absolute Gasteiger partial charge is 0.416 e. The zero-order valence-corrected chi connectivity index (χ0v) is 22.0. The van der Waals surface area contributed by atoms with E-state index in [4.69, 9.17) is 4.74 Å². The molecule has 2 aromatic carbocycles. The second kappa shape index (κ2) is 8.59. The maximum absolute atomic E-state index is 13.4. The van der Waals surface area contributed by atoms with Gasteiger partial charge in [0.1, 0.15) is 12.8 Å². The van der Waals surface area contributed by atoms with Gasteiger partial charge in [-0.3, -0.25) is 4.90 Å². The molecule has 0 N–H and O–H groups in total. The Morgan fingerprint density at radius 1 is 1.12 bits per heavy atom. The molecule has 1 fully saturated rings. The molecule has 32 heavy (non-hydrogen) atoms. The Morgan fingerprint density at radius 2 is 1.78 bits per heavy atom. The summed E-state index contributed by atoms with van der Waals surface area (Å²) in [5.74, 6) is 0.103. The third-order valence-electron chi connectivity index (χ3n) is 6.10. The van der Waals surface area contributed by atoms with Gasteiger partial charge < -0.3 is 4.74 Å². The average molecular weight is 538 g/mol. The lowest BCUT2D eigenvalue weighted by atomic mass is 9.98. The largest absolute Gasteiger partial charge is 0.444 e. The fraction of sp³-hybridized carbons (Fsp3) is 0.435. The van der Waals surface area contributed by atoms with Crippen molar-refractivity contribution >= 4 is 45.8 Å². The van der Waals surface area contributed by atoms with Crippen LogP contribution in [0.25, 0.3) is 0 Å². The molecule has 2 heterocycles. The van der Waals surface area contributed by atoms with Crippen LogP contribution in [0.2, 0.25) is 25.7 Å². The predicted molar refractivity (Wildman–Crippen MR) is 133 cm³/mol. The average Bonchev–Trinajstić information content (AvgIpc) is 3.22. The van der Waals surface area contributed by atoms with E-state index in [2.05, 4.69) is 35.6 Å². The molecule has 1 saturated heterocycles. The lowest BCUT2D eigenvalue weighted by Crippen LogP contribution is -2.53. The van der Waals surface area contributed by atoms with Gasteiger partial charge >= 0.3 is 6.09 Å². The SMILES string of the molecule is C[Si](C)(C)CCS(=O)(=O)N1CC[C@]2(Br)c3ccccc3N(C(=O)OCc3ccccc3)[C@H]12. The minimum absolute atomic E-state index is 0.103. The van der Waals surface area contributed by atoms with E-state index < -0.39 is 34.7 Å². The van der Waals surface area contributed by atoms with Crippen LogP contribution >= 0.6 is 15.9 Å². The number of rotatable bonds is 6. The standard InChI is InChI=1S/C23H29BrN2O4SSi/c1-32(2,3)16-15-31(28,29)25-14-13-23(24)19-11-7-8-12-20(19)26(21(23)25)22(27)30-17-18-9-5-4-6-10-18/h4-12,21H,13-17H2,1-3H3/t21-,23-/m0/s1. The van der Waals surface area contributed by atoms with Crippen molar-refractivity contribution in [2.24, 2.45) is 0 Å². The number of halogens is 1. The monoisotopic (exact) mass is 536 g/mol. The zero-order valence-electron chi connectivity index (χ0n) is 18.6. The van der Waals surface area contributed by atoms with Crippen LogP contribution in [0, 0.1) is 0 Å². The van der Waals surface area contributed by atoms with E-state index >= 15 is 0 Å². The Labute approximate surface area is 199 Å². The van der Waals surface area contributed by atoms with Crippen molar-refractivity contribution in [3.63, 3.8) is 0 Å². The number of carbonyl (C=O) groups is 1. The normalized spacial score (nSPS) is 23.1. The highest BCUT2D eigenvalue weighted by atomic mass is 79.9. The highest BCUT2D eigenvalue weighted by molar-refractivity contribution is 9.09. The molecular formula is C23H29BrN2O4SSi. The van der Waals surface area contributed by atoms with E-state index in [1.54, 1.807) is 0 Å². The van der Waals surface area contributed by atoms with Crippen LogP contribution < -0.4 is 4.90 Å². The van der Waals surface area contributed by atoms with E-state index in [1.807, 2.05) is 54.6 Å². The van der Waals surface area contributed by atoms with Gasteiger partial charge in [0.2, 0.25) is 10.0 Å². The summed E-state index contributed by atoms with van der Waals surface area (Å²) in [4.78, 5) is 14.8. The third kappa shape index (κ3) is 4.40. The van der Waals surface area contributed by atoms with Crippen LogP contribution in [0.5, 0.6) is 0 Å². The van der Waals surface area contributed by atoms with Gasteiger partial charge in [-0.05, 0) is 29.7 Å². The first-order valence-electron chi connectivity index (χ1n) is 10.8. The number of alkyl halides is 1. The highest BCUT2D eigenvalue weighted by Gasteiger charge is 2.60. The molecule has 172 valence electrons. The number of hydrogen-bond acceptors (Lipinski definition) is 4. The molecule has 1 amide bonds. The predicted octanol–water partition coefficient (Wildman–Crippen LogP) is 5.13. The van der Waals surface area contributed by atoms with Crippen LogP contribution in [-0.2, 0) is 25.7 Å². The Morgan fingerprint density at radius 3 is 2.47 bits per heavy atom. The van der Waals surface area contributed by atoms with Crippen molar-refractivity contribution in [3.05, 3.63) is 65.7 Å². The Bertz CT molecular complexity index is 1110. The Hall–Kier alpha value is -1.68. The number of para-hydroxylation sites is 1. The minimum atomic E-state index is -3.55. The molecule has 6 nitrogen and oxygen atoms in total. The molecular weight excluding hydrogens is 508 g/mol. The Kier molecular flexibility index (Phi) is 6.30. The van der Waals surface area contributed by atoms with Crippen LogP contribution in [0.1, 0.15) is 17.5 Å². The highest BCUT2D eigenvalue weighted by Crippen LogP contribution is 2.56. The van der Waals surface area contributed by atoms with Crippen LogP contribution in [-0.4, -0.2) is 45.4 Å². The summed E-state index contributed by atoms with van der Waals surface area (Å²) in [5.41, 5.74) is 2.49. The van der Waals surface area contributed by atoms with Gasteiger partial charge in [-0.15, -0.1) is 0 Å². The van der Waals surface area contributed by atoms with Gasteiger partial charge in [0.25, 0.3) is 0 Å². The molecule has 2 aliphatic rings. The van der Waals surface area contributed by atoms with E-state index in [-0.39, 0.29) is 12.4 Å². The number of carbonyl (C=O) groups excluding carboxylic acids is 1. The van der Waals surface area contributed by atoms with Gasteiger partial charge in [-0.1, -0.05) is 84.1 Å². The Balaban J connectivity index is 1.65. The van der Waals surface area contributed by atoms with Crippen molar-refractivity contribution < 1.29 is 17.9 Å². The van der Waals surface area contributed by atoms with E-state index in [9.17, 15) is 13.2 Å². The number of nitrogens with zero attached hydrogens (tertiary/aromatic N) is 2. The van der Waals surface area contributed by atoms with Gasteiger partial charge in [-0.2, -0.15) is 4.31 Å². The second-order valence-corrected chi connectivity index (χ2v) is 18.7. The quantitative estimate of drug-likeness (QED) is 0.379. The number of sulfonamides is 1. The van der Waals surface area contributed by atoms with Crippen molar-refractivity contribution in [3.8, 4) is 0 Å². The van der Waals surface area contributed by atoms with Crippen molar-refractivity contribution in [1.82, 2.24) is 4.31 Å². The molecule has 2 aliphatic heterocycles. The molecule has 0 radical (unpaired) electrons. The maximum atomic E-state index is 13.4. The van der Waals surface area contributed by atoms with Crippen LogP contribution in [0.15, 0.2) is 54.6 Å². The molecule has 4 rings (SSSR count). The molecule has 2 atom stereocenters. The zero-order chi connectivity index (χ0) is 23.1. The first kappa shape index (κ1) is 23.5. The molecule has 9 heteroatoms. The summed E-state index contributed by atoms with van der Waals surface area (Å²) in [6, 6.07) is 17.7. The molecule has 0 aromatic heterocycles. The number of benzene rings is 2. The third-order valence-corrected chi connectivity index (χ3v) is 11.3. The summed E-state index contributed by atoms with van der Waals surface area (Å²) in [6.07, 6.45) is -0.640. The van der Waals surface area contributed by atoms with E-state index in [0.29, 0.717) is 24.7 Å². The number of ether oxygens (including phenoxy) is 1. The second-order valence-electron chi connectivity index (χ2n) is 9.65. The van der Waals surface area contributed by atoms with Gasteiger partial charge in [0.15, 0.2) is 0 Å². The summed E-state index contributed by atoms with van der Waals surface area (Å²) < 4.78 is 33.3. The van der Waals surface area contributed by atoms with Gasteiger partial charge in [-0.25, -0.2) is 13.2 Å². The minimum Gasteiger partial charge on any atom is -0.444 e. The van der Waals surface area contributed by atoms with E-state index in [1.165, 1.54) is 9.21 Å². The van der Waals surface area contributed by atoms with Gasteiger partial charge in [0, 0.05) is 14.6 Å². The number of amides is 1. The van der Waals surface area contributed by atoms with Crippen molar-refractivity contribution in [1.29, 1.82) is 0 Å². The fourth-order valence-electron chi connectivity index (χ4n) is 4.36. The van der Waals surface area contributed by atoms with Gasteiger partial charge in [0.05, 0.1) is 15.8 Å². The van der Waals surface area contributed by atoms with Crippen molar-refractivity contribution in [2.75, 3.05) is 17.2 Å². The summed E-state index contributed by atoms with van der Waals surface area (Å²) in [6.45, 7) is 6.99. The summed E-state index contributed by atoms with van der Waals surface area (Å²) >= 11 is 3.85. The molecule has 0 unspecified atom stereocenters. The fourth-order valence-corrected chi connectivity index (χ4v) is 10.1. The first-order chi connectivity index (χ1) is 15.0. The first-order valence-corrected chi connectivity index (χ1v) is 16.9. The molecule has 0 aliphatic carbocycles.